The van der Waals surface area contributed by atoms with Gasteiger partial charge in [0.05, 0.1) is 5.69 Å². The quantitative estimate of drug-likeness (QED) is 0.844. The van der Waals surface area contributed by atoms with E-state index in [4.69, 9.17) is 0 Å². The predicted molar refractivity (Wildman–Crippen MR) is 73.3 cm³/mol. The van der Waals surface area contributed by atoms with Crippen molar-refractivity contribution in [1.29, 1.82) is 0 Å². The second-order valence-electron chi connectivity index (χ2n) is 4.12. The largest absolute Gasteiger partial charge is 0.323 e. The highest BCUT2D eigenvalue weighted by Crippen LogP contribution is 2.18. The van der Waals surface area contributed by atoms with Crippen molar-refractivity contribution in [3.8, 4) is 5.82 Å². The lowest BCUT2D eigenvalue weighted by Gasteiger charge is -2.11. The van der Waals surface area contributed by atoms with Crippen LogP contribution in [0.4, 0.5) is 5.69 Å². The number of nitrogens with zero attached hydrogens (tertiary/aromatic N) is 3. The molecule has 0 aromatic carbocycles. The molecule has 0 radical (unpaired) electrons. The summed E-state index contributed by atoms with van der Waals surface area (Å²) in [5.74, 6) is 1.46. The van der Waals surface area contributed by atoms with Gasteiger partial charge in [-0.2, -0.15) is 0 Å². The Labute approximate surface area is 111 Å². The van der Waals surface area contributed by atoms with E-state index < -0.39 is 0 Å². The third kappa shape index (κ3) is 3.17. The average Bonchev–Trinajstić information content (AvgIpc) is 2.83. The molecule has 2 aromatic heterocycles. The maximum atomic E-state index is 11.8. The molecule has 2 N–H and O–H groups in total. The number of nitrogens with one attached hydrogen (secondary N) is 2. The zero-order valence-corrected chi connectivity index (χ0v) is 11.1. The molecule has 0 atom stereocenters. The van der Waals surface area contributed by atoms with Crippen LogP contribution in [0.5, 0.6) is 0 Å². The Hall–Kier alpha value is -2.21. The van der Waals surface area contributed by atoms with Crippen molar-refractivity contribution in [2.24, 2.45) is 0 Å². The first-order valence-corrected chi connectivity index (χ1v) is 6.12. The molecule has 0 aliphatic carbocycles. The van der Waals surface area contributed by atoms with Crippen molar-refractivity contribution in [2.45, 2.75) is 13.3 Å². The number of hydrogen-bond acceptors (Lipinski definition) is 4. The highest BCUT2D eigenvalue weighted by Gasteiger charge is 2.10. The summed E-state index contributed by atoms with van der Waals surface area (Å²) in [6, 6.07) is 3.63. The predicted octanol–water partition coefficient (Wildman–Crippen LogP) is 1.12. The molecule has 2 heterocycles. The van der Waals surface area contributed by atoms with Crippen LogP contribution >= 0.6 is 0 Å². The first-order chi connectivity index (χ1) is 9.22. The number of imidazole rings is 1. The van der Waals surface area contributed by atoms with Crippen molar-refractivity contribution in [1.82, 2.24) is 19.9 Å². The van der Waals surface area contributed by atoms with Gasteiger partial charge in [-0.05, 0) is 26.1 Å². The third-order valence-corrected chi connectivity index (χ3v) is 2.72. The number of hydrogen-bond donors (Lipinski definition) is 2. The number of pyridine rings is 1. The minimum Gasteiger partial charge on any atom is -0.323 e. The normalized spacial score (nSPS) is 10.4. The van der Waals surface area contributed by atoms with Crippen LogP contribution in [-0.2, 0) is 4.79 Å². The lowest BCUT2D eigenvalue weighted by molar-refractivity contribution is -0.116. The van der Waals surface area contributed by atoms with E-state index in [1.165, 1.54) is 0 Å². The van der Waals surface area contributed by atoms with Crippen LogP contribution in [0.15, 0.2) is 30.7 Å². The Kier molecular flexibility index (Phi) is 4.25. The molecule has 0 fully saturated rings. The lowest BCUT2D eigenvalue weighted by Crippen LogP contribution is -2.19. The molecular weight excluding hydrogens is 242 g/mol. The zero-order valence-electron chi connectivity index (χ0n) is 11.1. The van der Waals surface area contributed by atoms with Crippen LogP contribution in [0.1, 0.15) is 12.2 Å². The van der Waals surface area contributed by atoms with Crippen LogP contribution in [0.2, 0.25) is 0 Å². The molecule has 0 unspecified atom stereocenters. The van der Waals surface area contributed by atoms with Gasteiger partial charge >= 0.3 is 0 Å². The van der Waals surface area contributed by atoms with E-state index in [1.807, 2.05) is 30.8 Å². The monoisotopic (exact) mass is 259 g/mol. The lowest BCUT2D eigenvalue weighted by atomic mass is 10.3. The zero-order chi connectivity index (χ0) is 13.7. The van der Waals surface area contributed by atoms with Crippen molar-refractivity contribution < 1.29 is 4.79 Å². The standard InChI is InChI=1S/C13H17N5O/c1-10-15-8-9-18(10)13-11(4-3-6-16-13)17-12(19)5-7-14-2/h3-4,6,8-9,14H,5,7H2,1-2H3,(H,17,19). The number of rotatable bonds is 5. The first-order valence-electron chi connectivity index (χ1n) is 6.12. The molecule has 2 aromatic rings. The Bertz CT molecular complexity index is 564. The summed E-state index contributed by atoms with van der Waals surface area (Å²) in [4.78, 5) is 20.2. The molecular formula is C13H17N5O. The van der Waals surface area contributed by atoms with Crippen LogP contribution in [0.3, 0.4) is 0 Å². The number of anilines is 1. The number of aryl methyl sites for hydroxylation is 1. The van der Waals surface area contributed by atoms with Gasteiger partial charge in [0.1, 0.15) is 5.82 Å². The van der Waals surface area contributed by atoms with Crippen LogP contribution in [-0.4, -0.2) is 34.0 Å². The first kappa shape index (κ1) is 13.2. The fourth-order valence-corrected chi connectivity index (χ4v) is 1.74. The summed E-state index contributed by atoms with van der Waals surface area (Å²) in [6.45, 7) is 2.53. The van der Waals surface area contributed by atoms with Gasteiger partial charge in [0.15, 0.2) is 5.82 Å². The molecule has 2 rings (SSSR count). The van der Waals surface area contributed by atoms with Gasteiger partial charge < -0.3 is 10.6 Å². The topological polar surface area (TPSA) is 71.8 Å². The highest BCUT2D eigenvalue weighted by atomic mass is 16.1. The summed E-state index contributed by atoms with van der Waals surface area (Å²) in [5, 5.41) is 5.81. The summed E-state index contributed by atoms with van der Waals surface area (Å²) in [6.07, 6.45) is 5.64. The molecule has 0 aliphatic heterocycles. The molecule has 1 amide bonds. The summed E-state index contributed by atoms with van der Waals surface area (Å²) >= 11 is 0. The van der Waals surface area contributed by atoms with Gasteiger partial charge in [0.25, 0.3) is 0 Å². The van der Waals surface area contributed by atoms with E-state index in [0.717, 1.165) is 5.82 Å². The maximum Gasteiger partial charge on any atom is 0.225 e. The van der Waals surface area contributed by atoms with E-state index in [9.17, 15) is 4.79 Å². The van der Waals surface area contributed by atoms with E-state index in [-0.39, 0.29) is 5.91 Å². The van der Waals surface area contributed by atoms with Gasteiger partial charge in [-0.3, -0.25) is 9.36 Å². The van der Waals surface area contributed by atoms with Crippen LogP contribution < -0.4 is 10.6 Å². The number of amides is 1. The van der Waals surface area contributed by atoms with E-state index in [1.54, 1.807) is 18.5 Å². The van der Waals surface area contributed by atoms with Crippen molar-refractivity contribution in [2.75, 3.05) is 18.9 Å². The molecule has 100 valence electrons. The van der Waals surface area contributed by atoms with Crippen molar-refractivity contribution >= 4 is 11.6 Å². The van der Waals surface area contributed by atoms with Gasteiger partial charge in [0, 0.05) is 31.6 Å². The Morgan fingerprint density at radius 2 is 2.21 bits per heavy atom. The number of aromatic nitrogens is 3. The summed E-state index contributed by atoms with van der Waals surface area (Å²) in [5.41, 5.74) is 0.685. The van der Waals surface area contributed by atoms with Crippen LogP contribution in [0, 0.1) is 6.92 Å². The van der Waals surface area contributed by atoms with Crippen molar-refractivity contribution in [3.63, 3.8) is 0 Å². The third-order valence-electron chi connectivity index (χ3n) is 2.72. The van der Waals surface area contributed by atoms with Gasteiger partial charge in [-0.1, -0.05) is 0 Å². The molecule has 0 spiro atoms. The second kappa shape index (κ2) is 6.10. The molecule has 6 nitrogen and oxygen atoms in total. The second-order valence-corrected chi connectivity index (χ2v) is 4.12. The highest BCUT2D eigenvalue weighted by molar-refractivity contribution is 5.92. The summed E-state index contributed by atoms with van der Waals surface area (Å²) in [7, 11) is 1.82. The molecule has 0 aliphatic rings. The smallest absolute Gasteiger partial charge is 0.225 e. The number of carbonyl (C=O) groups excluding carboxylic acids is 1. The van der Waals surface area contributed by atoms with E-state index in [0.29, 0.717) is 24.5 Å². The number of carbonyl (C=O) groups is 1. The molecule has 19 heavy (non-hydrogen) atoms. The fourth-order valence-electron chi connectivity index (χ4n) is 1.74. The van der Waals surface area contributed by atoms with Gasteiger partial charge in [0.2, 0.25) is 5.91 Å². The molecule has 6 heteroatoms. The van der Waals surface area contributed by atoms with E-state index in [2.05, 4.69) is 20.6 Å². The van der Waals surface area contributed by atoms with Crippen LogP contribution in [0.25, 0.3) is 5.82 Å². The average molecular weight is 259 g/mol. The minimum absolute atomic E-state index is 0.0404. The van der Waals surface area contributed by atoms with Crippen molar-refractivity contribution in [3.05, 3.63) is 36.5 Å². The minimum atomic E-state index is -0.0404. The molecule has 0 saturated carbocycles. The fraction of sp³-hybridized carbons (Fsp3) is 0.308. The van der Waals surface area contributed by atoms with E-state index >= 15 is 0 Å². The summed E-state index contributed by atoms with van der Waals surface area (Å²) < 4.78 is 1.84. The maximum absolute atomic E-state index is 11.8. The molecule has 0 saturated heterocycles. The SMILES string of the molecule is CNCCC(=O)Nc1cccnc1-n1ccnc1C. The van der Waals surface area contributed by atoms with Gasteiger partial charge in [-0.15, -0.1) is 0 Å². The molecule has 0 bridgehead atoms. The Balaban J connectivity index is 2.22. The van der Waals surface area contributed by atoms with Gasteiger partial charge in [-0.25, -0.2) is 9.97 Å². The Morgan fingerprint density at radius 1 is 1.37 bits per heavy atom. The Morgan fingerprint density at radius 3 is 2.89 bits per heavy atom.